The average molecular weight is 329 g/mol. The third-order valence-corrected chi connectivity index (χ3v) is 4.38. The molecule has 1 N–H and O–H groups in total. The Hall–Kier alpha value is -2.70. The van der Waals surface area contributed by atoms with Crippen LogP contribution in [0.2, 0.25) is 0 Å². The molecule has 24 heavy (non-hydrogen) atoms. The lowest BCUT2D eigenvalue weighted by Crippen LogP contribution is -2.60. The maximum Gasteiger partial charge on any atom is 0.262 e. The highest BCUT2D eigenvalue weighted by molar-refractivity contribution is 6.22. The van der Waals surface area contributed by atoms with E-state index in [1.807, 2.05) is 13.8 Å². The zero-order valence-corrected chi connectivity index (χ0v) is 13.6. The van der Waals surface area contributed by atoms with Crippen molar-refractivity contribution >= 4 is 23.6 Å². The molecule has 1 unspecified atom stereocenters. The molecule has 0 aliphatic carbocycles. The van der Waals surface area contributed by atoms with Crippen LogP contribution in [0.1, 0.15) is 34.6 Å². The fourth-order valence-corrected chi connectivity index (χ4v) is 3.24. The predicted octanol–water partition coefficient (Wildman–Crippen LogP) is 0.266. The van der Waals surface area contributed by atoms with Gasteiger partial charge in [0.25, 0.3) is 11.8 Å². The number of rotatable bonds is 3. The van der Waals surface area contributed by atoms with Gasteiger partial charge in [-0.3, -0.25) is 24.1 Å². The Morgan fingerprint density at radius 1 is 1.17 bits per heavy atom. The molecule has 3 rings (SSSR count). The molecular weight excluding hydrogens is 310 g/mol. The molecule has 2 aliphatic rings. The van der Waals surface area contributed by atoms with Gasteiger partial charge in [0.15, 0.2) is 0 Å². The summed E-state index contributed by atoms with van der Waals surface area (Å²) < 4.78 is 0. The van der Waals surface area contributed by atoms with Crippen molar-refractivity contribution in [2.45, 2.75) is 19.9 Å². The molecule has 1 atom stereocenters. The van der Waals surface area contributed by atoms with Crippen LogP contribution in [0.15, 0.2) is 24.3 Å². The van der Waals surface area contributed by atoms with Crippen molar-refractivity contribution in [3.63, 3.8) is 0 Å². The van der Waals surface area contributed by atoms with Crippen molar-refractivity contribution in [3.05, 3.63) is 35.4 Å². The number of hydrogen-bond donors (Lipinski definition) is 1. The minimum atomic E-state index is -0.582. The van der Waals surface area contributed by atoms with Crippen molar-refractivity contribution in [3.8, 4) is 0 Å². The summed E-state index contributed by atoms with van der Waals surface area (Å²) in [6.07, 6.45) is 0. The molecule has 0 spiro atoms. The molecule has 0 radical (unpaired) electrons. The van der Waals surface area contributed by atoms with Crippen LogP contribution in [0.5, 0.6) is 0 Å². The second kappa shape index (κ2) is 6.07. The van der Waals surface area contributed by atoms with Crippen molar-refractivity contribution in [1.29, 1.82) is 0 Å². The minimum absolute atomic E-state index is 0.0589. The van der Waals surface area contributed by atoms with E-state index in [2.05, 4.69) is 5.32 Å². The number of hydrogen-bond acceptors (Lipinski definition) is 4. The number of piperazine rings is 1. The molecule has 0 bridgehead atoms. The van der Waals surface area contributed by atoms with Gasteiger partial charge in [0.05, 0.1) is 11.1 Å². The zero-order valence-electron chi connectivity index (χ0n) is 13.6. The standard InChI is InChI=1S/C17H19N3O4/c1-10(2)14-15(22)18-7-8-19(14)13(21)9-20-16(23)11-5-3-4-6-12(11)17(20)24/h3-6,10,14H,7-9H2,1-2H3,(H,18,22). The van der Waals surface area contributed by atoms with E-state index in [4.69, 9.17) is 0 Å². The molecule has 2 heterocycles. The van der Waals surface area contributed by atoms with Gasteiger partial charge in [-0.15, -0.1) is 0 Å². The van der Waals surface area contributed by atoms with Crippen LogP contribution in [-0.4, -0.2) is 59.1 Å². The molecule has 1 aromatic carbocycles. The first-order valence-corrected chi connectivity index (χ1v) is 7.94. The van der Waals surface area contributed by atoms with Gasteiger partial charge in [0, 0.05) is 13.1 Å². The highest BCUT2D eigenvalue weighted by Gasteiger charge is 2.40. The van der Waals surface area contributed by atoms with Gasteiger partial charge in [-0.25, -0.2) is 0 Å². The fraction of sp³-hybridized carbons (Fsp3) is 0.412. The largest absolute Gasteiger partial charge is 0.353 e. The van der Waals surface area contributed by atoms with E-state index in [0.717, 1.165) is 4.90 Å². The number of fused-ring (bicyclic) bond motifs is 1. The molecule has 126 valence electrons. The summed E-state index contributed by atoms with van der Waals surface area (Å²) in [6, 6.07) is 5.93. The van der Waals surface area contributed by atoms with Crippen molar-refractivity contribution < 1.29 is 19.2 Å². The first kappa shape index (κ1) is 16.2. The number of benzene rings is 1. The summed E-state index contributed by atoms with van der Waals surface area (Å²) >= 11 is 0. The predicted molar refractivity (Wildman–Crippen MR) is 85.2 cm³/mol. The van der Waals surface area contributed by atoms with Crippen LogP contribution in [0.25, 0.3) is 0 Å². The van der Waals surface area contributed by atoms with Gasteiger partial charge in [-0.1, -0.05) is 26.0 Å². The topological polar surface area (TPSA) is 86.8 Å². The molecule has 2 aliphatic heterocycles. The van der Waals surface area contributed by atoms with E-state index in [1.54, 1.807) is 24.3 Å². The summed E-state index contributed by atoms with van der Waals surface area (Å²) in [7, 11) is 0. The fourth-order valence-electron chi connectivity index (χ4n) is 3.24. The molecule has 7 heteroatoms. The van der Waals surface area contributed by atoms with E-state index < -0.39 is 23.8 Å². The lowest BCUT2D eigenvalue weighted by Gasteiger charge is -2.37. The van der Waals surface area contributed by atoms with Crippen LogP contribution < -0.4 is 5.32 Å². The third kappa shape index (κ3) is 2.55. The Morgan fingerprint density at radius 3 is 2.29 bits per heavy atom. The lowest BCUT2D eigenvalue weighted by molar-refractivity contribution is -0.145. The van der Waals surface area contributed by atoms with Crippen LogP contribution in [0, 0.1) is 5.92 Å². The van der Waals surface area contributed by atoms with Gasteiger partial charge >= 0.3 is 0 Å². The molecule has 0 saturated carbocycles. The van der Waals surface area contributed by atoms with E-state index in [0.29, 0.717) is 24.2 Å². The van der Waals surface area contributed by atoms with Gasteiger partial charge in [0.1, 0.15) is 12.6 Å². The molecule has 7 nitrogen and oxygen atoms in total. The van der Waals surface area contributed by atoms with E-state index in [-0.39, 0.29) is 18.4 Å². The quantitative estimate of drug-likeness (QED) is 0.806. The van der Waals surface area contributed by atoms with Crippen LogP contribution in [-0.2, 0) is 9.59 Å². The summed E-state index contributed by atoms with van der Waals surface area (Å²) in [5.41, 5.74) is 0.624. The van der Waals surface area contributed by atoms with E-state index in [1.165, 1.54) is 4.90 Å². The SMILES string of the molecule is CC(C)C1C(=O)NCCN1C(=O)CN1C(=O)c2ccccc2C1=O. The first-order chi connectivity index (χ1) is 11.4. The zero-order chi connectivity index (χ0) is 17.4. The Bertz CT molecular complexity index is 693. The number of imide groups is 1. The normalized spacial score (nSPS) is 20.5. The van der Waals surface area contributed by atoms with Gasteiger partial charge in [-0.2, -0.15) is 0 Å². The second-order valence-electron chi connectivity index (χ2n) is 6.31. The molecule has 0 aromatic heterocycles. The third-order valence-electron chi connectivity index (χ3n) is 4.38. The number of carbonyl (C=O) groups excluding carboxylic acids is 4. The number of amides is 4. The van der Waals surface area contributed by atoms with Gasteiger partial charge in [-0.05, 0) is 18.1 Å². The monoisotopic (exact) mass is 329 g/mol. The molecule has 4 amide bonds. The number of carbonyl (C=O) groups is 4. The van der Waals surface area contributed by atoms with Gasteiger partial charge < -0.3 is 10.2 Å². The highest BCUT2D eigenvalue weighted by atomic mass is 16.2. The average Bonchev–Trinajstić information content (AvgIpc) is 2.79. The smallest absolute Gasteiger partial charge is 0.262 e. The Balaban J connectivity index is 1.79. The van der Waals surface area contributed by atoms with E-state index in [9.17, 15) is 19.2 Å². The van der Waals surface area contributed by atoms with Crippen molar-refractivity contribution in [1.82, 2.24) is 15.1 Å². The number of nitrogens with zero attached hydrogens (tertiary/aromatic N) is 2. The molecule has 1 saturated heterocycles. The lowest BCUT2D eigenvalue weighted by atomic mass is 9.99. The summed E-state index contributed by atoms with van der Waals surface area (Å²) in [5, 5.41) is 2.74. The minimum Gasteiger partial charge on any atom is -0.353 e. The summed E-state index contributed by atoms with van der Waals surface area (Å²) in [5.74, 6) is -1.58. The Morgan fingerprint density at radius 2 is 1.75 bits per heavy atom. The van der Waals surface area contributed by atoms with Crippen LogP contribution >= 0.6 is 0 Å². The summed E-state index contributed by atoms with van der Waals surface area (Å²) in [4.78, 5) is 51.8. The second-order valence-corrected chi connectivity index (χ2v) is 6.31. The van der Waals surface area contributed by atoms with E-state index >= 15 is 0 Å². The van der Waals surface area contributed by atoms with Crippen molar-refractivity contribution in [2.75, 3.05) is 19.6 Å². The van der Waals surface area contributed by atoms with Gasteiger partial charge in [0.2, 0.25) is 11.8 Å². The first-order valence-electron chi connectivity index (χ1n) is 7.94. The molecule has 1 fully saturated rings. The van der Waals surface area contributed by atoms with Crippen LogP contribution in [0.4, 0.5) is 0 Å². The molecule has 1 aromatic rings. The maximum atomic E-state index is 12.7. The summed E-state index contributed by atoms with van der Waals surface area (Å²) in [6.45, 7) is 4.12. The Kier molecular flexibility index (Phi) is 4.09. The maximum absolute atomic E-state index is 12.7. The Labute approximate surface area is 139 Å². The van der Waals surface area contributed by atoms with Crippen molar-refractivity contribution in [2.24, 2.45) is 5.92 Å². The van der Waals surface area contributed by atoms with Crippen LogP contribution in [0.3, 0.4) is 0 Å². The number of nitrogens with one attached hydrogen (secondary N) is 1. The molecular formula is C17H19N3O4. The highest BCUT2D eigenvalue weighted by Crippen LogP contribution is 2.23.